The highest BCUT2D eigenvalue weighted by atomic mass is 16.1. The Hall–Kier alpha value is -1.49. The maximum absolute atomic E-state index is 12.0. The molecule has 0 radical (unpaired) electrons. The van der Waals surface area contributed by atoms with E-state index >= 15 is 0 Å². The van der Waals surface area contributed by atoms with Crippen molar-refractivity contribution in [3.63, 3.8) is 0 Å². The Kier molecular flexibility index (Phi) is 4.57. The number of nitrogens with one attached hydrogen (secondary N) is 1. The lowest BCUT2D eigenvalue weighted by molar-refractivity contribution is 0.0939. The van der Waals surface area contributed by atoms with Gasteiger partial charge in [0.05, 0.1) is 11.3 Å². The monoisotopic (exact) mass is 236 g/mol. The first kappa shape index (κ1) is 13.6. The minimum absolute atomic E-state index is 0.0520. The van der Waals surface area contributed by atoms with E-state index in [1.54, 1.807) is 6.20 Å². The van der Waals surface area contributed by atoms with Crippen molar-refractivity contribution >= 4 is 5.91 Å². The third kappa shape index (κ3) is 3.49. The second-order valence-corrected chi connectivity index (χ2v) is 4.48. The number of nitrogens with two attached hydrogens (primary N) is 1. The van der Waals surface area contributed by atoms with Crippen LogP contribution in [0.25, 0.3) is 0 Å². The number of carbonyl (C=O) groups is 1. The number of amides is 1. The normalized spacial score (nSPS) is 12.6. The predicted molar refractivity (Wildman–Crippen MR) is 66.8 cm³/mol. The van der Waals surface area contributed by atoms with Crippen molar-refractivity contribution in [2.24, 2.45) is 5.73 Å². The minimum Gasteiger partial charge on any atom is -0.348 e. The van der Waals surface area contributed by atoms with Crippen LogP contribution in [0.2, 0.25) is 0 Å². The van der Waals surface area contributed by atoms with E-state index in [-0.39, 0.29) is 17.9 Å². The highest BCUT2D eigenvalue weighted by Gasteiger charge is 2.17. The fourth-order valence-electron chi connectivity index (χ4n) is 1.46. The molecule has 0 fully saturated rings. The van der Waals surface area contributed by atoms with Gasteiger partial charge in [-0.2, -0.15) is 0 Å². The van der Waals surface area contributed by atoms with Crippen LogP contribution in [0.1, 0.15) is 48.6 Å². The number of nitrogens with zero attached hydrogens (tertiary/aromatic N) is 2. The van der Waals surface area contributed by atoms with Crippen molar-refractivity contribution in [3.05, 3.63) is 23.3 Å². The maximum atomic E-state index is 12.0. The number of aromatic nitrogens is 2. The zero-order chi connectivity index (χ0) is 13.0. The highest BCUT2D eigenvalue weighted by molar-refractivity contribution is 5.95. The van der Waals surface area contributed by atoms with Gasteiger partial charge in [-0.05, 0) is 19.8 Å². The van der Waals surface area contributed by atoms with Gasteiger partial charge in [0, 0.05) is 18.8 Å². The molecule has 0 spiro atoms. The smallest absolute Gasteiger partial charge is 0.254 e. The van der Waals surface area contributed by atoms with Crippen LogP contribution in [-0.2, 0) is 0 Å². The first-order chi connectivity index (χ1) is 7.95. The average Bonchev–Trinajstić information content (AvgIpc) is 2.28. The SMILES string of the molecule is Cc1ncc(C(=O)N[C@@H](C)CN)c(C(C)C)n1. The van der Waals surface area contributed by atoms with E-state index in [9.17, 15) is 4.79 Å². The van der Waals surface area contributed by atoms with Gasteiger partial charge in [0.15, 0.2) is 0 Å². The van der Waals surface area contributed by atoms with E-state index in [4.69, 9.17) is 5.73 Å². The molecule has 1 rings (SSSR count). The molecule has 0 aliphatic heterocycles. The molecule has 17 heavy (non-hydrogen) atoms. The lowest BCUT2D eigenvalue weighted by atomic mass is 10.0. The fourth-order valence-corrected chi connectivity index (χ4v) is 1.46. The Morgan fingerprint density at radius 1 is 1.47 bits per heavy atom. The quantitative estimate of drug-likeness (QED) is 0.816. The van der Waals surface area contributed by atoms with Crippen LogP contribution in [0.5, 0.6) is 0 Å². The molecule has 5 nitrogen and oxygen atoms in total. The van der Waals surface area contributed by atoms with Gasteiger partial charge in [-0.1, -0.05) is 13.8 Å². The summed E-state index contributed by atoms with van der Waals surface area (Å²) in [6.07, 6.45) is 1.58. The Labute approximate surface area is 102 Å². The number of hydrogen-bond acceptors (Lipinski definition) is 4. The number of carbonyl (C=O) groups excluding carboxylic acids is 1. The van der Waals surface area contributed by atoms with E-state index in [0.717, 1.165) is 5.69 Å². The molecule has 0 saturated heterocycles. The Morgan fingerprint density at radius 3 is 2.65 bits per heavy atom. The molecular weight excluding hydrogens is 216 g/mol. The van der Waals surface area contributed by atoms with Gasteiger partial charge in [0.25, 0.3) is 5.91 Å². The van der Waals surface area contributed by atoms with Crippen molar-refractivity contribution < 1.29 is 4.79 Å². The molecule has 0 bridgehead atoms. The second-order valence-electron chi connectivity index (χ2n) is 4.48. The standard InChI is InChI=1S/C12H20N4O/c1-7(2)11-10(6-14-9(4)16-11)12(17)15-8(3)5-13/h6-8H,5,13H2,1-4H3,(H,15,17)/t8-/m0/s1. The summed E-state index contributed by atoms with van der Waals surface area (Å²) in [6.45, 7) is 8.10. The second kappa shape index (κ2) is 5.72. The van der Waals surface area contributed by atoms with Crippen molar-refractivity contribution in [2.45, 2.75) is 39.7 Å². The summed E-state index contributed by atoms with van der Waals surface area (Å²) in [4.78, 5) is 20.4. The molecule has 0 aliphatic carbocycles. The summed E-state index contributed by atoms with van der Waals surface area (Å²) in [5.74, 6) is 0.703. The Balaban J connectivity index is 3.00. The molecule has 1 aromatic heterocycles. The van der Waals surface area contributed by atoms with E-state index in [1.165, 1.54) is 0 Å². The van der Waals surface area contributed by atoms with Gasteiger partial charge in [-0.15, -0.1) is 0 Å². The summed E-state index contributed by atoms with van der Waals surface area (Å²) in [5.41, 5.74) is 6.78. The lowest BCUT2D eigenvalue weighted by Crippen LogP contribution is -2.38. The predicted octanol–water partition coefficient (Wildman–Crippen LogP) is 0.985. The third-order valence-corrected chi connectivity index (χ3v) is 2.46. The first-order valence-electron chi connectivity index (χ1n) is 5.80. The first-order valence-corrected chi connectivity index (χ1v) is 5.80. The van der Waals surface area contributed by atoms with Crippen LogP contribution in [0, 0.1) is 6.92 Å². The molecule has 1 aromatic rings. The van der Waals surface area contributed by atoms with E-state index in [2.05, 4.69) is 15.3 Å². The van der Waals surface area contributed by atoms with E-state index in [0.29, 0.717) is 17.9 Å². The largest absolute Gasteiger partial charge is 0.348 e. The zero-order valence-corrected chi connectivity index (χ0v) is 10.8. The number of aryl methyl sites for hydroxylation is 1. The van der Waals surface area contributed by atoms with Crippen molar-refractivity contribution in [1.29, 1.82) is 0 Å². The van der Waals surface area contributed by atoms with Gasteiger partial charge in [-0.3, -0.25) is 4.79 Å². The van der Waals surface area contributed by atoms with Crippen LogP contribution in [0.3, 0.4) is 0 Å². The molecule has 0 aliphatic rings. The topological polar surface area (TPSA) is 80.9 Å². The number of rotatable bonds is 4. The van der Waals surface area contributed by atoms with Gasteiger partial charge in [-0.25, -0.2) is 9.97 Å². The van der Waals surface area contributed by atoms with E-state index < -0.39 is 0 Å². The van der Waals surface area contributed by atoms with Crippen molar-refractivity contribution in [3.8, 4) is 0 Å². The van der Waals surface area contributed by atoms with Crippen LogP contribution >= 0.6 is 0 Å². The highest BCUT2D eigenvalue weighted by Crippen LogP contribution is 2.16. The summed E-state index contributed by atoms with van der Waals surface area (Å²) in [6, 6.07) is -0.0520. The van der Waals surface area contributed by atoms with Gasteiger partial charge >= 0.3 is 0 Å². The minimum atomic E-state index is -0.161. The molecule has 1 heterocycles. The van der Waals surface area contributed by atoms with Gasteiger partial charge < -0.3 is 11.1 Å². The molecule has 5 heteroatoms. The molecule has 0 saturated carbocycles. The van der Waals surface area contributed by atoms with Crippen molar-refractivity contribution in [1.82, 2.24) is 15.3 Å². The van der Waals surface area contributed by atoms with Crippen LogP contribution < -0.4 is 11.1 Å². The van der Waals surface area contributed by atoms with E-state index in [1.807, 2.05) is 27.7 Å². The molecule has 0 unspecified atom stereocenters. The van der Waals surface area contributed by atoms with Crippen molar-refractivity contribution in [2.75, 3.05) is 6.54 Å². The van der Waals surface area contributed by atoms with Crippen LogP contribution in [0.4, 0.5) is 0 Å². The summed E-state index contributed by atoms with van der Waals surface area (Å²) < 4.78 is 0. The molecular formula is C12H20N4O. The maximum Gasteiger partial charge on any atom is 0.254 e. The molecule has 3 N–H and O–H groups in total. The van der Waals surface area contributed by atoms with Crippen LogP contribution in [-0.4, -0.2) is 28.5 Å². The molecule has 94 valence electrons. The summed E-state index contributed by atoms with van der Waals surface area (Å²) >= 11 is 0. The lowest BCUT2D eigenvalue weighted by Gasteiger charge is -2.15. The molecule has 0 aromatic carbocycles. The molecule has 1 atom stereocenters. The third-order valence-electron chi connectivity index (χ3n) is 2.46. The fraction of sp³-hybridized carbons (Fsp3) is 0.583. The summed E-state index contributed by atoms with van der Waals surface area (Å²) in [7, 11) is 0. The number of hydrogen-bond donors (Lipinski definition) is 2. The summed E-state index contributed by atoms with van der Waals surface area (Å²) in [5, 5.41) is 2.82. The Morgan fingerprint density at radius 2 is 2.12 bits per heavy atom. The average molecular weight is 236 g/mol. The molecule has 1 amide bonds. The van der Waals surface area contributed by atoms with Gasteiger partial charge in [0.1, 0.15) is 5.82 Å². The van der Waals surface area contributed by atoms with Crippen LogP contribution in [0.15, 0.2) is 6.20 Å². The zero-order valence-electron chi connectivity index (χ0n) is 10.8. The van der Waals surface area contributed by atoms with Gasteiger partial charge in [0.2, 0.25) is 0 Å². The Bertz CT molecular complexity index is 403.